The lowest BCUT2D eigenvalue weighted by atomic mass is 9.99. The average molecular weight is 542 g/mol. The molecular weight excluding hydrogens is 499 g/mol. The molecule has 0 bridgehead atoms. The van der Waals surface area contributed by atoms with E-state index in [1.807, 2.05) is 30.3 Å². The average Bonchev–Trinajstić information content (AvgIpc) is 3.15. The number of rotatable bonds is 7. The minimum atomic E-state index is -2.12. The Balaban J connectivity index is 1.63. The van der Waals surface area contributed by atoms with Crippen molar-refractivity contribution in [2.45, 2.75) is 91.0 Å². The number of nitrogens with zero attached hydrogens (tertiary/aromatic N) is 3. The van der Waals surface area contributed by atoms with Crippen LogP contribution in [0.4, 0.5) is 0 Å². The molecule has 1 aromatic heterocycles. The summed E-state index contributed by atoms with van der Waals surface area (Å²) < 4.78 is 14.0. The lowest BCUT2D eigenvalue weighted by Gasteiger charge is -2.54. The Kier molecular flexibility index (Phi) is 7.19. The van der Waals surface area contributed by atoms with Crippen molar-refractivity contribution in [2.75, 3.05) is 0 Å². The third-order valence-corrected chi connectivity index (χ3v) is 26.2. The Morgan fingerprint density at radius 3 is 2.31 bits per heavy atom. The van der Waals surface area contributed by atoms with Gasteiger partial charge >= 0.3 is 0 Å². The molecule has 2 aromatic carbocycles. The number of aromatic hydroxyl groups is 1. The molecule has 9 heteroatoms. The first-order valence-corrected chi connectivity index (χ1v) is 22.8. The maximum Gasteiger partial charge on any atom is 0.205 e. The third-order valence-electron chi connectivity index (χ3n) is 7.32. The molecule has 2 unspecified atom stereocenters. The summed E-state index contributed by atoms with van der Waals surface area (Å²) in [5.74, 6) is 0.641. The summed E-state index contributed by atoms with van der Waals surface area (Å²) >= 11 is 0. The van der Waals surface area contributed by atoms with Crippen molar-refractivity contribution < 1.29 is 13.6 Å². The highest BCUT2D eigenvalue weighted by atomic mass is 29.3. The molecule has 1 fully saturated rings. The second-order valence-corrected chi connectivity index (χ2v) is 30.4. The molecule has 1 N–H and O–H groups in total. The predicted molar refractivity (Wildman–Crippen MR) is 155 cm³/mol. The SMILES string of the molecule is Cc1cc(CC(C)C[Si]2(O[Si](C)(C)C)CCC(C)(C)O[Si]2(C)C)c(O)c(-n2nc3ccccc3n2)c1. The van der Waals surface area contributed by atoms with Crippen LogP contribution in [0.15, 0.2) is 36.4 Å². The molecule has 0 spiro atoms. The van der Waals surface area contributed by atoms with Crippen LogP contribution in [0.3, 0.4) is 0 Å². The minimum absolute atomic E-state index is 0.0672. The summed E-state index contributed by atoms with van der Waals surface area (Å²) in [5, 5.41) is 20.6. The highest BCUT2D eigenvalue weighted by Gasteiger charge is 2.59. The minimum Gasteiger partial charge on any atom is -0.505 e. The van der Waals surface area contributed by atoms with E-state index in [0.717, 1.165) is 41.0 Å². The first kappa shape index (κ1) is 27.3. The van der Waals surface area contributed by atoms with Crippen LogP contribution in [0.1, 0.15) is 38.3 Å². The van der Waals surface area contributed by atoms with Gasteiger partial charge in [-0.2, -0.15) is 0 Å². The number of aromatic nitrogens is 3. The number of fused-ring (bicyclic) bond motifs is 1. The van der Waals surface area contributed by atoms with E-state index in [1.165, 1.54) is 6.04 Å². The number of hydrogen-bond donors (Lipinski definition) is 1. The van der Waals surface area contributed by atoms with E-state index in [2.05, 4.69) is 76.7 Å². The molecule has 2 heterocycles. The fourth-order valence-electron chi connectivity index (χ4n) is 5.91. The summed E-state index contributed by atoms with van der Waals surface area (Å²) in [7, 11) is -5.91. The maximum absolute atomic E-state index is 11.3. The van der Waals surface area contributed by atoms with E-state index < -0.39 is 24.0 Å². The zero-order valence-corrected chi connectivity index (χ0v) is 26.5. The molecule has 0 radical (unpaired) electrons. The summed E-state index contributed by atoms with van der Waals surface area (Å²) in [4.78, 5) is 1.57. The Bertz CT molecular complexity index is 1220. The second-order valence-electron chi connectivity index (χ2n) is 12.9. The van der Waals surface area contributed by atoms with Gasteiger partial charge < -0.3 is 13.6 Å². The standard InChI is InChI=1S/C27H43N3O3Si3/c1-20-16-22(26(31)25(18-20)30-28-23-12-10-11-13-24(23)29-30)17-21(2)19-36(33-34(5,6)7)15-14-27(3,4)32-35(36,8)9/h10-13,16,18,21,31H,14-15,17,19H2,1-9H3. The normalized spacial score (nSPS) is 22.6. The van der Waals surface area contributed by atoms with Crippen LogP contribution in [-0.2, 0) is 15.0 Å². The molecule has 6 nitrogen and oxygen atoms in total. The monoisotopic (exact) mass is 541 g/mol. The molecule has 1 aliphatic rings. The van der Waals surface area contributed by atoms with Crippen LogP contribution in [0.2, 0.25) is 44.8 Å². The van der Waals surface area contributed by atoms with E-state index in [-0.39, 0.29) is 11.4 Å². The van der Waals surface area contributed by atoms with Crippen molar-refractivity contribution in [1.29, 1.82) is 0 Å². The third kappa shape index (κ3) is 5.70. The van der Waals surface area contributed by atoms with E-state index >= 15 is 0 Å². The van der Waals surface area contributed by atoms with Gasteiger partial charge in [-0.25, -0.2) is 0 Å². The molecule has 4 rings (SSSR count). The number of benzene rings is 2. The molecule has 1 saturated heterocycles. The van der Waals surface area contributed by atoms with Crippen LogP contribution in [-0.4, -0.2) is 49.7 Å². The number of phenolic OH excluding ortho intramolecular Hbond substituents is 1. The lowest BCUT2D eigenvalue weighted by molar-refractivity contribution is 0.0887. The molecule has 1 aliphatic heterocycles. The van der Waals surface area contributed by atoms with Gasteiger partial charge in [0, 0.05) is 0 Å². The van der Waals surface area contributed by atoms with E-state index in [9.17, 15) is 5.11 Å². The van der Waals surface area contributed by atoms with Crippen molar-refractivity contribution in [3.05, 3.63) is 47.5 Å². The molecular formula is C27H43N3O3Si3. The fraction of sp³-hybridized carbons (Fsp3) is 0.556. The van der Waals surface area contributed by atoms with E-state index in [4.69, 9.17) is 8.54 Å². The van der Waals surface area contributed by atoms with Gasteiger partial charge in [0.2, 0.25) is 7.83 Å². The quantitative estimate of drug-likeness (QED) is 0.330. The van der Waals surface area contributed by atoms with E-state index in [1.54, 1.807) is 4.80 Å². The van der Waals surface area contributed by atoms with Gasteiger partial charge in [-0.3, -0.25) is 0 Å². The van der Waals surface area contributed by atoms with Gasteiger partial charge in [-0.05, 0) is 114 Å². The summed E-state index contributed by atoms with van der Waals surface area (Å²) in [6, 6.07) is 14.1. The van der Waals surface area contributed by atoms with Crippen LogP contribution >= 0.6 is 0 Å². The predicted octanol–water partition coefficient (Wildman–Crippen LogP) is 6.89. The van der Waals surface area contributed by atoms with Crippen LogP contribution in [0.25, 0.3) is 16.7 Å². The molecule has 36 heavy (non-hydrogen) atoms. The summed E-state index contributed by atoms with van der Waals surface area (Å²) in [6.45, 7) is 20.6. The molecule has 0 amide bonds. The maximum atomic E-state index is 11.3. The van der Waals surface area contributed by atoms with Crippen LogP contribution in [0, 0.1) is 12.8 Å². The lowest BCUT2D eigenvalue weighted by Crippen LogP contribution is -2.71. The Morgan fingerprint density at radius 2 is 1.75 bits per heavy atom. The van der Waals surface area contributed by atoms with Gasteiger partial charge in [0.15, 0.2) is 16.2 Å². The van der Waals surface area contributed by atoms with Crippen molar-refractivity contribution in [3.8, 4) is 11.4 Å². The molecule has 0 aliphatic carbocycles. The first-order valence-electron chi connectivity index (χ1n) is 13.2. The number of phenols is 1. The van der Waals surface area contributed by atoms with Crippen molar-refractivity contribution in [3.63, 3.8) is 0 Å². The van der Waals surface area contributed by atoms with Gasteiger partial charge in [-0.15, -0.1) is 15.0 Å². The molecule has 2 atom stereocenters. The van der Waals surface area contributed by atoms with Crippen LogP contribution < -0.4 is 0 Å². The van der Waals surface area contributed by atoms with Gasteiger partial charge in [0.05, 0.1) is 5.60 Å². The Labute approximate surface area is 219 Å². The smallest absolute Gasteiger partial charge is 0.205 e. The highest BCUT2D eigenvalue weighted by molar-refractivity contribution is 7.38. The molecule has 196 valence electrons. The van der Waals surface area contributed by atoms with Crippen molar-refractivity contribution in [1.82, 2.24) is 15.0 Å². The van der Waals surface area contributed by atoms with Gasteiger partial charge in [0.1, 0.15) is 22.5 Å². The van der Waals surface area contributed by atoms with E-state index in [0.29, 0.717) is 11.6 Å². The zero-order valence-electron chi connectivity index (χ0n) is 23.5. The molecule has 0 saturated carbocycles. The zero-order chi connectivity index (χ0) is 26.5. The largest absolute Gasteiger partial charge is 0.505 e. The summed E-state index contributed by atoms with van der Waals surface area (Å²) in [6.07, 6.45) is 1.85. The highest BCUT2D eigenvalue weighted by Crippen LogP contribution is 2.45. The summed E-state index contributed by atoms with van der Waals surface area (Å²) in [5.41, 5.74) is 4.25. The van der Waals surface area contributed by atoms with Crippen molar-refractivity contribution >= 4 is 35.0 Å². The first-order chi connectivity index (χ1) is 16.6. The second kappa shape index (κ2) is 9.50. The van der Waals surface area contributed by atoms with Gasteiger partial charge in [-0.1, -0.05) is 25.1 Å². The Hall–Kier alpha value is -1.79. The molecule has 3 aromatic rings. The van der Waals surface area contributed by atoms with Crippen molar-refractivity contribution in [2.24, 2.45) is 5.92 Å². The number of hydrogen-bond acceptors (Lipinski definition) is 5. The number of aryl methyl sites for hydroxylation is 1. The fourth-order valence-corrected chi connectivity index (χ4v) is 28.6. The van der Waals surface area contributed by atoms with Crippen LogP contribution in [0.5, 0.6) is 5.75 Å². The topological polar surface area (TPSA) is 69.4 Å². The Morgan fingerprint density at radius 1 is 1.14 bits per heavy atom. The van der Waals surface area contributed by atoms with Gasteiger partial charge in [0.25, 0.3) is 0 Å².